The van der Waals surface area contributed by atoms with Crippen LogP contribution in [0.25, 0.3) is 0 Å². The number of rotatable bonds is 0. The molecule has 6 heavy (non-hydrogen) atoms. The monoisotopic (exact) mass is 181 g/mol. The zero-order valence-electron chi connectivity index (χ0n) is 3.68. The van der Waals surface area contributed by atoms with Crippen LogP contribution in [-0.4, -0.2) is 11.5 Å². The van der Waals surface area contributed by atoms with Crippen molar-refractivity contribution >= 4 is 11.8 Å². The van der Waals surface area contributed by atoms with Gasteiger partial charge in [-0.25, -0.2) is 0 Å². The Morgan fingerprint density at radius 3 is 1.67 bits per heavy atom. The Hall–Kier alpha value is 1.09. The second-order valence-electron chi connectivity index (χ2n) is 1.32. The summed E-state index contributed by atoms with van der Waals surface area (Å²) in [6.07, 6.45) is 2.93. The molecule has 1 aliphatic rings. The van der Waals surface area contributed by atoms with Crippen molar-refractivity contribution in [3.05, 3.63) is 0 Å². The van der Waals surface area contributed by atoms with Gasteiger partial charge in [0.25, 0.3) is 0 Å². The van der Waals surface area contributed by atoms with Crippen LogP contribution in [-0.2, 0) is 22.4 Å². The zero-order valence-corrected chi connectivity index (χ0v) is 6.70. The maximum Gasteiger partial charge on any atom is 0 e. The summed E-state index contributed by atoms with van der Waals surface area (Å²) < 4.78 is 0. The smallest absolute Gasteiger partial charge is 0 e. The Labute approximate surface area is 58.6 Å². The largest absolute Gasteiger partial charge is 0.162 e. The molecule has 0 aromatic carbocycles. The molecule has 1 rings (SSSR count). The first-order valence-electron chi connectivity index (χ1n) is 2.08. The van der Waals surface area contributed by atoms with Gasteiger partial charge in [0.15, 0.2) is 0 Å². The molecule has 1 saturated heterocycles. The average molecular weight is 181 g/mol. The van der Waals surface area contributed by atoms with E-state index in [1.807, 2.05) is 0 Å². The maximum absolute atomic E-state index is 2.07. The van der Waals surface area contributed by atoms with Gasteiger partial charge in [0.2, 0.25) is 0 Å². The Morgan fingerprint density at radius 1 is 1.00 bits per heavy atom. The molecule has 0 aromatic heterocycles. The fraction of sp³-hybridized carbons (Fsp3) is 1.00. The molecule has 0 nitrogen and oxygen atoms in total. The second kappa shape index (κ2) is 4.25. The van der Waals surface area contributed by atoms with Crippen molar-refractivity contribution < 1.29 is 22.4 Å². The number of hydrogen-bond acceptors (Lipinski definition) is 1. The van der Waals surface area contributed by atoms with Gasteiger partial charge in [-0.15, -0.1) is 0 Å². The summed E-state index contributed by atoms with van der Waals surface area (Å²) in [6.45, 7) is 0. The quantitative estimate of drug-likeness (QED) is 0.510. The average Bonchev–Trinajstić information content (AvgIpc) is 1.76. The molecule has 35 valence electrons. The van der Waals surface area contributed by atoms with E-state index in [9.17, 15) is 0 Å². The minimum Gasteiger partial charge on any atom is -0.162 e. The van der Waals surface area contributed by atoms with Crippen LogP contribution >= 0.6 is 11.8 Å². The van der Waals surface area contributed by atoms with Gasteiger partial charge in [0, 0.05) is 22.4 Å². The summed E-state index contributed by atoms with van der Waals surface area (Å²) in [5.74, 6) is 2.83. The summed E-state index contributed by atoms with van der Waals surface area (Å²) in [5, 5.41) is 0. The molecule has 0 saturated carbocycles. The number of hydrogen-bond donors (Lipinski definition) is 0. The minimum absolute atomic E-state index is 0. The molecule has 1 fully saturated rings. The maximum atomic E-state index is 2.07. The van der Waals surface area contributed by atoms with Crippen molar-refractivity contribution in [2.45, 2.75) is 12.8 Å². The molecule has 0 aliphatic carbocycles. The third kappa shape index (κ3) is 2.30. The SMILES string of the molecule is C1CCSC1.[Nb]. The van der Waals surface area contributed by atoms with Crippen LogP contribution in [0.2, 0.25) is 0 Å². The minimum atomic E-state index is 0. The zero-order chi connectivity index (χ0) is 3.54. The van der Waals surface area contributed by atoms with Gasteiger partial charge in [0.05, 0.1) is 0 Å². The van der Waals surface area contributed by atoms with E-state index < -0.39 is 0 Å². The molecule has 1 radical (unpaired) electrons. The summed E-state index contributed by atoms with van der Waals surface area (Å²) in [6, 6.07) is 0. The Morgan fingerprint density at radius 2 is 1.50 bits per heavy atom. The normalized spacial score (nSPS) is 20.0. The molecule has 0 unspecified atom stereocenters. The molecule has 0 atom stereocenters. The third-order valence-corrected chi connectivity index (χ3v) is 1.98. The summed E-state index contributed by atoms with van der Waals surface area (Å²) in [5.41, 5.74) is 0. The molecule has 0 aromatic rings. The van der Waals surface area contributed by atoms with Gasteiger partial charge in [-0.3, -0.25) is 0 Å². The fourth-order valence-corrected chi connectivity index (χ4v) is 1.53. The fourth-order valence-electron chi connectivity index (χ4n) is 0.510. The van der Waals surface area contributed by atoms with Gasteiger partial charge >= 0.3 is 0 Å². The molecule has 2 heteroatoms. The predicted octanol–water partition coefficient (Wildman–Crippen LogP) is 1.51. The molecule has 1 aliphatic heterocycles. The molecule has 0 bridgehead atoms. The van der Waals surface area contributed by atoms with Gasteiger partial charge in [0.1, 0.15) is 0 Å². The molecular weight excluding hydrogens is 173 g/mol. The predicted molar refractivity (Wildman–Crippen MR) is 26.6 cm³/mol. The first-order chi connectivity index (χ1) is 2.50. The summed E-state index contributed by atoms with van der Waals surface area (Å²) >= 11 is 2.07. The summed E-state index contributed by atoms with van der Waals surface area (Å²) in [7, 11) is 0. The standard InChI is InChI=1S/C4H8S.Nb/c1-2-4-5-3-1;/h1-4H2;. The third-order valence-electron chi connectivity index (χ3n) is 0.827. The van der Waals surface area contributed by atoms with Crippen molar-refractivity contribution in [3.8, 4) is 0 Å². The second-order valence-corrected chi connectivity index (χ2v) is 2.54. The summed E-state index contributed by atoms with van der Waals surface area (Å²) in [4.78, 5) is 0. The van der Waals surface area contributed by atoms with Crippen LogP contribution in [0.4, 0.5) is 0 Å². The van der Waals surface area contributed by atoms with E-state index in [-0.39, 0.29) is 22.4 Å². The van der Waals surface area contributed by atoms with E-state index in [2.05, 4.69) is 11.8 Å². The van der Waals surface area contributed by atoms with Crippen LogP contribution in [0.1, 0.15) is 12.8 Å². The molecule has 1 heterocycles. The van der Waals surface area contributed by atoms with E-state index in [1.165, 1.54) is 24.3 Å². The molecule has 0 amide bonds. The first kappa shape index (κ1) is 7.09. The van der Waals surface area contributed by atoms with E-state index in [1.54, 1.807) is 0 Å². The Bertz CT molecular complexity index is 19.1. The van der Waals surface area contributed by atoms with Crippen LogP contribution in [0, 0.1) is 0 Å². The van der Waals surface area contributed by atoms with Crippen LogP contribution in [0.5, 0.6) is 0 Å². The first-order valence-corrected chi connectivity index (χ1v) is 3.23. The van der Waals surface area contributed by atoms with Gasteiger partial charge < -0.3 is 0 Å². The van der Waals surface area contributed by atoms with E-state index in [4.69, 9.17) is 0 Å². The van der Waals surface area contributed by atoms with Crippen molar-refractivity contribution in [2.24, 2.45) is 0 Å². The van der Waals surface area contributed by atoms with Crippen molar-refractivity contribution in [1.82, 2.24) is 0 Å². The van der Waals surface area contributed by atoms with Gasteiger partial charge in [-0.1, -0.05) is 0 Å². The Kier molecular flexibility index (Phi) is 5.03. The molecule has 0 spiro atoms. The van der Waals surface area contributed by atoms with Gasteiger partial charge in [-0.2, -0.15) is 11.8 Å². The molecular formula is C4H8NbS. The topological polar surface area (TPSA) is 0 Å². The molecule has 0 N–H and O–H groups in total. The van der Waals surface area contributed by atoms with Gasteiger partial charge in [-0.05, 0) is 24.3 Å². The van der Waals surface area contributed by atoms with Crippen molar-refractivity contribution in [3.63, 3.8) is 0 Å². The Balaban J connectivity index is 0.000000250. The van der Waals surface area contributed by atoms with Crippen molar-refractivity contribution in [2.75, 3.05) is 11.5 Å². The number of thioether (sulfide) groups is 1. The van der Waals surface area contributed by atoms with E-state index >= 15 is 0 Å². The van der Waals surface area contributed by atoms with Crippen molar-refractivity contribution in [1.29, 1.82) is 0 Å². The van der Waals surface area contributed by atoms with E-state index in [0.717, 1.165) is 0 Å². The van der Waals surface area contributed by atoms with E-state index in [0.29, 0.717) is 0 Å². The van der Waals surface area contributed by atoms with Crippen LogP contribution in [0.15, 0.2) is 0 Å². The van der Waals surface area contributed by atoms with Crippen LogP contribution < -0.4 is 0 Å². The van der Waals surface area contributed by atoms with Crippen LogP contribution in [0.3, 0.4) is 0 Å².